The van der Waals surface area contributed by atoms with Gasteiger partial charge in [-0.1, -0.05) is 6.07 Å². The summed E-state index contributed by atoms with van der Waals surface area (Å²) in [5, 5.41) is 0. The number of aromatic amines is 1. The highest BCUT2D eigenvalue weighted by molar-refractivity contribution is 9.10. The highest BCUT2D eigenvalue weighted by atomic mass is 79.9. The van der Waals surface area contributed by atoms with Crippen molar-refractivity contribution in [3.05, 3.63) is 46.1 Å². The fourth-order valence-electron chi connectivity index (χ4n) is 1.87. The molecule has 0 bridgehead atoms. The second-order valence-electron chi connectivity index (χ2n) is 4.16. The van der Waals surface area contributed by atoms with Crippen molar-refractivity contribution in [2.24, 2.45) is 0 Å². The predicted molar refractivity (Wildman–Crippen MR) is 71.7 cm³/mol. The number of aromatic nitrogens is 3. The molecule has 6 heteroatoms. The molecule has 96 valence electrons. The van der Waals surface area contributed by atoms with Gasteiger partial charge in [0.1, 0.15) is 17.5 Å². The summed E-state index contributed by atoms with van der Waals surface area (Å²) in [7, 11) is 0. The summed E-state index contributed by atoms with van der Waals surface area (Å²) in [6.45, 7) is 1.58. The summed E-state index contributed by atoms with van der Waals surface area (Å²) < 4.78 is 28.6. The van der Waals surface area contributed by atoms with Crippen LogP contribution in [0.3, 0.4) is 0 Å². The van der Waals surface area contributed by atoms with Crippen LogP contribution in [0.15, 0.2) is 28.9 Å². The van der Waals surface area contributed by atoms with Gasteiger partial charge < -0.3 is 4.98 Å². The molecule has 0 aliphatic rings. The van der Waals surface area contributed by atoms with Crippen LogP contribution in [0.5, 0.6) is 0 Å². The lowest BCUT2D eigenvalue weighted by atomic mass is 10.1. The summed E-state index contributed by atoms with van der Waals surface area (Å²) in [4.78, 5) is 11.1. The van der Waals surface area contributed by atoms with Crippen LogP contribution in [0.25, 0.3) is 22.6 Å². The first-order chi connectivity index (χ1) is 9.06. The van der Waals surface area contributed by atoms with Crippen molar-refractivity contribution in [2.45, 2.75) is 6.92 Å². The Bertz CT molecular complexity index is 783. The average molecular weight is 324 g/mol. The number of rotatable bonds is 1. The van der Waals surface area contributed by atoms with Gasteiger partial charge in [-0.2, -0.15) is 0 Å². The van der Waals surface area contributed by atoms with Gasteiger partial charge in [-0.3, -0.25) is 0 Å². The van der Waals surface area contributed by atoms with E-state index in [-0.39, 0.29) is 11.4 Å². The highest BCUT2D eigenvalue weighted by Crippen LogP contribution is 2.27. The zero-order valence-electron chi connectivity index (χ0n) is 9.84. The molecule has 0 radical (unpaired) electrons. The van der Waals surface area contributed by atoms with Gasteiger partial charge in [0.25, 0.3) is 0 Å². The number of hydrogen-bond donors (Lipinski definition) is 1. The summed E-state index contributed by atoms with van der Waals surface area (Å²) in [6, 6.07) is 4.38. The van der Waals surface area contributed by atoms with Crippen LogP contribution in [-0.2, 0) is 0 Å². The van der Waals surface area contributed by atoms with Gasteiger partial charge in [0, 0.05) is 10.7 Å². The molecule has 19 heavy (non-hydrogen) atoms. The number of imidazole rings is 1. The number of benzene rings is 1. The van der Waals surface area contributed by atoms with Gasteiger partial charge in [0.2, 0.25) is 0 Å². The van der Waals surface area contributed by atoms with Crippen molar-refractivity contribution < 1.29 is 8.78 Å². The fraction of sp³-hybridized carbons (Fsp3) is 0.0769. The largest absolute Gasteiger partial charge is 0.336 e. The SMILES string of the molecule is Cc1ccc(F)c(-c2nc3ncc(Br)cc3[nH]2)c1F. The second kappa shape index (κ2) is 4.38. The number of hydrogen-bond acceptors (Lipinski definition) is 2. The quantitative estimate of drug-likeness (QED) is 0.736. The van der Waals surface area contributed by atoms with E-state index in [1.165, 1.54) is 12.1 Å². The van der Waals surface area contributed by atoms with Crippen LogP contribution < -0.4 is 0 Å². The zero-order valence-corrected chi connectivity index (χ0v) is 11.4. The van der Waals surface area contributed by atoms with Crippen molar-refractivity contribution in [3.8, 4) is 11.4 Å². The van der Waals surface area contributed by atoms with E-state index >= 15 is 0 Å². The molecule has 0 unspecified atom stereocenters. The van der Waals surface area contributed by atoms with E-state index in [2.05, 4.69) is 30.9 Å². The minimum absolute atomic E-state index is 0.138. The maximum Gasteiger partial charge on any atom is 0.178 e. The van der Waals surface area contributed by atoms with Crippen molar-refractivity contribution in [2.75, 3.05) is 0 Å². The molecule has 1 aromatic carbocycles. The summed E-state index contributed by atoms with van der Waals surface area (Å²) in [5.74, 6) is -1.13. The number of H-pyrrole nitrogens is 1. The molecule has 0 spiro atoms. The molecule has 0 aliphatic carbocycles. The van der Waals surface area contributed by atoms with E-state index in [9.17, 15) is 8.78 Å². The third-order valence-corrected chi connectivity index (χ3v) is 3.26. The van der Waals surface area contributed by atoms with Gasteiger partial charge in [0.15, 0.2) is 5.65 Å². The molecular weight excluding hydrogens is 316 g/mol. The highest BCUT2D eigenvalue weighted by Gasteiger charge is 2.17. The third kappa shape index (κ3) is 2.02. The Labute approximate surface area is 115 Å². The Morgan fingerprint density at radius 2 is 2.05 bits per heavy atom. The van der Waals surface area contributed by atoms with Crippen molar-refractivity contribution >= 4 is 27.1 Å². The number of fused-ring (bicyclic) bond motifs is 1. The summed E-state index contributed by atoms with van der Waals surface area (Å²) in [6.07, 6.45) is 1.58. The molecule has 1 N–H and O–H groups in total. The number of nitrogens with zero attached hydrogens (tertiary/aromatic N) is 2. The monoisotopic (exact) mass is 323 g/mol. The first-order valence-electron chi connectivity index (χ1n) is 5.52. The first-order valence-corrected chi connectivity index (χ1v) is 6.32. The predicted octanol–water partition coefficient (Wildman–Crippen LogP) is 3.97. The maximum atomic E-state index is 14.0. The molecule has 0 atom stereocenters. The lowest BCUT2D eigenvalue weighted by Crippen LogP contribution is -1.94. The molecule has 0 saturated heterocycles. The second-order valence-corrected chi connectivity index (χ2v) is 5.08. The molecule has 0 saturated carbocycles. The van der Waals surface area contributed by atoms with Crippen LogP contribution in [0, 0.1) is 18.6 Å². The Morgan fingerprint density at radius 1 is 1.26 bits per heavy atom. The van der Waals surface area contributed by atoms with Crippen LogP contribution >= 0.6 is 15.9 Å². The van der Waals surface area contributed by atoms with E-state index in [1.807, 2.05) is 0 Å². The zero-order chi connectivity index (χ0) is 13.6. The van der Waals surface area contributed by atoms with Gasteiger partial charge in [0.05, 0.1) is 11.1 Å². The minimum Gasteiger partial charge on any atom is -0.336 e. The number of pyridine rings is 1. The van der Waals surface area contributed by atoms with Gasteiger partial charge in [-0.15, -0.1) is 0 Å². The molecule has 0 fully saturated rings. The lowest BCUT2D eigenvalue weighted by molar-refractivity contribution is 0.582. The topological polar surface area (TPSA) is 41.6 Å². The molecule has 3 aromatic rings. The smallest absolute Gasteiger partial charge is 0.178 e. The average Bonchev–Trinajstić information content (AvgIpc) is 2.77. The molecule has 3 nitrogen and oxygen atoms in total. The van der Waals surface area contributed by atoms with E-state index in [4.69, 9.17) is 0 Å². The van der Waals surface area contributed by atoms with Crippen molar-refractivity contribution in [1.82, 2.24) is 15.0 Å². The Balaban J connectivity index is 2.27. The normalized spacial score (nSPS) is 11.2. The van der Waals surface area contributed by atoms with Crippen LogP contribution in [0.4, 0.5) is 8.78 Å². The fourth-order valence-corrected chi connectivity index (χ4v) is 2.20. The van der Waals surface area contributed by atoms with E-state index < -0.39 is 11.6 Å². The van der Waals surface area contributed by atoms with E-state index in [1.54, 1.807) is 19.2 Å². The molecular formula is C13H8BrF2N3. The van der Waals surface area contributed by atoms with Gasteiger partial charge >= 0.3 is 0 Å². The third-order valence-electron chi connectivity index (χ3n) is 2.83. The van der Waals surface area contributed by atoms with Gasteiger partial charge in [-0.25, -0.2) is 18.7 Å². The maximum absolute atomic E-state index is 14.0. The first kappa shape index (κ1) is 12.2. The summed E-state index contributed by atoms with van der Waals surface area (Å²) in [5.41, 5.74) is 1.24. The molecule has 3 rings (SSSR count). The number of halogens is 3. The van der Waals surface area contributed by atoms with Crippen molar-refractivity contribution in [3.63, 3.8) is 0 Å². The lowest BCUT2D eigenvalue weighted by Gasteiger charge is -2.03. The Morgan fingerprint density at radius 3 is 2.84 bits per heavy atom. The number of aryl methyl sites for hydroxylation is 1. The number of nitrogens with one attached hydrogen (secondary N) is 1. The van der Waals surface area contributed by atoms with Crippen molar-refractivity contribution in [1.29, 1.82) is 0 Å². The van der Waals surface area contributed by atoms with Crippen LogP contribution in [0.2, 0.25) is 0 Å². The molecule has 0 aliphatic heterocycles. The van der Waals surface area contributed by atoms with Crippen LogP contribution in [-0.4, -0.2) is 15.0 Å². The van der Waals surface area contributed by atoms with Crippen LogP contribution in [0.1, 0.15) is 5.56 Å². The van der Waals surface area contributed by atoms with Gasteiger partial charge in [-0.05, 0) is 40.5 Å². The summed E-state index contributed by atoms with van der Waals surface area (Å²) >= 11 is 3.28. The molecule has 2 heterocycles. The molecule has 0 amide bonds. The Kier molecular flexibility index (Phi) is 2.82. The molecule has 2 aromatic heterocycles. The standard InChI is InChI=1S/C13H8BrF2N3/c1-6-2-3-8(15)10(11(6)16)13-18-9-4-7(14)5-17-12(9)19-13/h2-5H,1H3,(H,17,18,19). The van der Waals surface area contributed by atoms with E-state index in [0.717, 1.165) is 4.47 Å². The van der Waals surface area contributed by atoms with E-state index in [0.29, 0.717) is 16.7 Å². The minimum atomic E-state index is -0.652. The Hall–Kier alpha value is -1.82.